The summed E-state index contributed by atoms with van der Waals surface area (Å²) in [5, 5.41) is 14.3. The molecule has 10 atom stereocenters. The summed E-state index contributed by atoms with van der Waals surface area (Å²) < 4.78 is 0. The van der Waals surface area contributed by atoms with E-state index in [4.69, 9.17) is 12.2 Å². The molecule has 4 fully saturated rings. The number of aliphatic imine (C=N–C) groups is 1. The van der Waals surface area contributed by atoms with Crippen LogP contribution in [0.3, 0.4) is 0 Å². The molecule has 4 rings (SSSR count). The first kappa shape index (κ1) is 22.0. The van der Waals surface area contributed by atoms with Crippen LogP contribution < -0.4 is 0 Å². The highest BCUT2D eigenvalue weighted by molar-refractivity contribution is 7.78. The van der Waals surface area contributed by atoms with Crippen molar-refractivity contribution in [3.8, 4) is 0 Å². The third-order valence-corrected chi connectivity index (χ3v) is 11.0. The molecule has 0 aromatic heterocycles. The quantitative estimate of drug-likeness (QED) is 0.395. The molecular weight excluding hydrogens is 374 g/mol. The highest BCUT2D eigenvalue weighted by Gasteiger charge is 2.64. The lowest BCUT2D eigenvalue weighted by atomic mass is 9.41. The second kappa shape index (κ2) is 8.36. The highest BCUT2D eigenvalue weighted by atomic mass is 32.1. The number of aliphatic hydroxyl groups is 1. The molecule has 2 nitrogen and oxygen atoms in total. The van der Waals surface area contributed by atoms with E-state index in [1.165, 1.54) is 51.4 Å². The van der Waals surface area contributed by atoms with Gasteiger partial charge in [-0.1, -0.05) is 47.0 Å². The fraction of sp³-hybridized carbons (Fsp3) is 0.962. The summed E-state index contributed by atoms with van der Waals surface area (Å²) in [6.07, 6.45) is 13.2. The molecule has 0 aromatic rings. The van der Waals surface area contributed by atoms with Crippen molar-refractivity contribution in [2.75, 3.05) is 6.54 Å². The first-order chi connectivity index (χ1) is 13.9. The van der Waals surface area contributed by atoms with Crippen LogP contribution in [0.25, 0.3) is 0 Å². The van der Waals surface area contributed by atoms with E-state index < -0.39 is 0 Å². The molecule has 4 saturated carbocycles. The molecule has 0 unspecified atom stereocenters. The zero-order valence-corrected chi connectivity index (χ0v) is 20.0. The maximum Gasteiger partial charge on any atom is 0.0605 e. The van der Waals surface area contributed by atoms with Crippen LogP contribution in [-0.4, -0.2) is 22.9 Å². The van der Waals surface area contributed by atoms with E-state index >= 15 is 0 Å². The van der Waals surface area contributed by atoms with Crippen molar-refractivity contribution in [2.45, 2.75) is 98.0 Å². The van der Waals surface area contributed by atoms with Crippen LogP contribution in [0.5, 0.6) is 0 Å². The van der Waals surface area contributed by atoms with Crippen LogP contribution in [0.2, 0.25) is 0 Å². The standard InChI is InChI=1S/C26H43NOS/c1-5-18-20-8-6-7-13-25(20,3)22-11-14-26(4)19(17(2)12-15-27-16-29)9-10-21(26)23(22)24(18)28/h17-24,28H,5-15H2,1-4H3/t17-,18-,19-,20+,21+,22+,23+,24-,25+,26-/m1/s1. The number of rotatable bonds is 5. The fourth-order valence-electron chi connectivity index (χ4n) is 9.53. The van der Waals surface area contributed by atoms with Crippen molar-refractivity contribution in [2.24, 2.45) is 57.2 Å². The highest BCUT2D eigenvalue weighted by Crippen LogP contribution is 2.69. The Labute approximate surface area is 184 Å². The number of isothiocyanates is 1. The van der Waals surface area contributed by atoms with Gasteiger partial charge >= 0.3 is 0 Å². The SMILES string of the molecule is CC[C@H]1[C@@H](O)[C@@H]2[C@H](CC[C@]3(C)[C@@H]([C@H](C)CCN=C=S)CC[C@@H]23)[C@@]2(C)CCCC[C@@H]12. The maximum atomic E-state index is 11.7. The molecule has 0 heterocycles. The molecule has 1 N–H and O–H groups in total. The predicted molar refractivity (Wildman–Crippen MR) is 124 cm³/mol. The summed E-state index contributed by atoms with van der Waals surface area (Å²) in [7, 11) is 0. The molecule has 0 saturated heterocycles. The van der Waals surface area contributed by atoms with E-state index in [0.29, 0.717) is 34.5 Å². The monoisotopic (exact) mass is 417 g/mol. The van der Waals surface area contributed by atoms with Crippen LogP contribution in [0.4, 0.5) is 0 Å². The predicted octanol–water partition coefficient (Wildman–Crippen LogP) is 6.77. The molecule has 0 aliphatic heterocycles. The second-order valence-corrected chi connectivity index (χ2v) is 11.9. The van der Waals surface area contributed by atoms with Crippen molar-refractivity contribution < 1.29 is 5.11 Å². The van der Waals surface area contributed by atoms with Crippen LogP contribution in [0, 0.1) is 52.3 Å². The van der Waals surface area contributed by atoms with Gasteiger partial charge in [0.15, 0.2) is 0 Å². The molecule has 164 valence electrons. The second-order valence-electron chi connectivity index (χ2n) is 11.7. The van der Waals surface area contributed by atoms with Gasteiger partial charge in [-0.25, -0.2) is 4.99 Å². The summed E-state index contributed by atoms with van der Waals surface area (Å²) in [5.74, 6) is 4.74. The normalized spacial score (nSPS) is 50.0. The van der Waals surface area contributed by atoms with Crippen molar-refractivity contribution in [1.82, 2.24) is 0 Å². The van der Waals surface area contributed by atoms with E-state index in [2.05, 4.69) is 37.8 Å². The summed E-state index contributed by atoms with van der Waals surface area (Å²) >= 11 is 4.77. The number of nitrogens with zero attached hydrogens (tertiary/aromatic N) is 1. The molecule has 0 amide bonds. The Kier molecular flexibility index (Phi) is 6.33. The van der Waals surface area contributed by atoms with Crippen LogP contribution in [0.1, 0.15) is 91.9 Å². The number of fused-ring (bicyclic) bond motifs is 5. The van der Waals surface area contributed by atoms with Gasteiger partial charge in [0.1, 0.15) is 0 Å². The fourth-order valence-corrected chi connectivity index (χ4v) is 9.62. The molecule has 3 heteroatoms. The molecule has 0 spiro atoms. The van der Waals surface area contributed by atoms with E-state index in [-0.39, 0.29) is 6.10 Å². The third kappa shape index (κ3) is 3.39. The minimum absolute atomic E-state index is 0.0701. The van der Waals surface area contributed by atoms with Gasteiger partial charge in [0.25, 0.3) is 0 Å². The van der Waals surface area contributed by atoms with Gasteiger partial charge in [-0.15, -0.1) is 0 Å². The number of hydrogen-bond acceptors (Lipinski definition) is 3. The summed E-state index contributed by atoms with van der Waals surface area (Å²) in [4.78, 5) is 4.19. The van der Waals surface area contributed by atoms with Gasteiger partial charge in [0.05, 0.1) is 11.3 Å². The van der Waals surface area contributed by atoms with Gasteiger partial charge < -0.3 is 5.11 Å². The first-order valence-electron chi connectivity index (χ1n) is 12.6. The molecule has 29 heavy (non-hydrogen) atoms. The largest absolute Gasteiger partial charge is 0.393 e. The Bertz CT molecular complexity index is 645. The van der Waals surface area contributed by atoms with Crippen LogP contribution in [-0.2, 0) is 0 Å². The molecule has 0 bridgehead atoms. The van der Waals surface area contributed by atoms with E-state index in [1.807, 2.05) is 0 Å². The van der Waals surface area contributed by atoms with Gasteiger partial charge in [0.2, 0.25) is 0 Å². The minimum Gasteiger partial charge on any atom is -0.393 e. The molecule has 0 aromatic carbocycles. The van der Waals surface area contributed by atoms with Gasteiger partial charge in [-0.05, 0) is 109 Å². The average Bonchev–Trinajstić information content (AvgIpc) is 3.06. The molecule has 4 aliphatic carbocycles. The summed E-state index contributed by atoms with van der Waals surface area (Å²) in [6, 6.07) is 0. The van der Waals surface area contributed by atoms with Crippen molar-refractivity contribution in [3.05, 3.63) is 0 Å². The molecule has 0 radical (unpaired) electrons. The van der Waals surface area contributed by atoms with Crippen LogP contribution >= 0.6 is 12.2 Å². The lowest BCUT2D eigenvalue weighted by Gasteiger charge is -2.64. The van der Waals surface area contributed by atoms with Gasteiger partial charge in [-0.2, -0.15) is 0 Å². The number of aliphatic hydroxyl groups excluding tert-OH is 1. The smallest absolute Gasteiger partial charge is 0.0605 e. The van der Waals surface area contributed by atoms with Crippen molar-refractivity contribution >= 4 is 17.4 Å². The topological polar surface area (TPSA) is 32.6 Å². The van der Waals surface area contributed by atoms with Gasteiger partial charge in [-0.3, -0.25) is 0 Å². The zero-order chi connectivity index (χ0) is 20.8. The third-order valence-electron chi connectivity index (χ3n) is 10.8. The molecule has 4 aliphatic rings. The minimum atomic E-state index is -0.0701. The van der Waals surface area contributed by atoms with Crippen LogP contribution in [0.15, 0.2) is 4.99 Å². The Balaban J connectivity index is 1.61. The first-order valence-corrected chi connectivity index (χ1v) is 13.0. The molecular formula is C26H43NOS. The van der Waals surface area contributed by atoms with Crippen molar-refractivity contribution in [1.29, 1.82) is 0 Å². The van der Waals surface area contributed by atoms with E-state index in [0.717, 1.165) is 37.1 Å². The Hall–Kier alpha value is -0.240. The van der Waals surface area contributed by atoms with E-state index in [1.54, 1.807) is 0 Å². The number of thiocarbonyl (C=S) groups is 1. The summed E-state index contributed by atoms with van der Waals surface area (Å²) in [6.45, 7) is 10.8. The zero-order valence-electron chi connectivity index (χ0n) is 19.2. The van der Waals surface area contributed by atoms with Crippen molar-refractivity contribution in [3.63, 3.8) is 0 Å². The van der Waals surface area contributed by atoms with E-state index in [9.17, 15) is 5.11 Å². The van der Waals surface area contributed by atoms with Gasteiger partial charge in [0, 0.05) is 6.54 Å². The summed E-state index contributed by atoms with van der Waals surface area (Å²) in [5.41, 5.74) is 0.876. The number of hydrogen-bond donors (Lipinski definition) is 1. The Morgan fingerprint density at radius 3 is 2.52 bits per heavy atom. The Morgan fingerprint density at radius 1 is 1.03 bits per heavy atom. The lowest BCUT2D eigenvalue weighted by molar-refractivity contribution is -0.194. The maximum absolute atomic E-state index is 11.7. The lowest BCUT2D eigenvalue weighted by Crippen LogP contribution is -2.61. The average molecular weight is 418 g/mol. The Morgan fingerprint density at radius 2 is 1.79 bits per heavy atom.